The van der Waals surface area contributed by atoms with Crippen molar-refractivity contribution in [2.75, 3.05) is 0 Å². The first-order valence-corrected chi connectivity index (χ1v) is 9.64. The monoisotopic (exact) mass is 478 g/mol. The highest BCUT2D eigenvalue weighted by Gasteiger charge is 2.48. The van der Waals surface area contributed by atoms with Gasteiger partial charge in [0.15, 0.2) is 23.4 Å². The smallest absolute Gasteiger partial charge is 0.335 e. The van der Waals surface area contributed by atoms with Gasteiger partial charge in [0.1, 0.15) is 40.8 Å². The summed E-state index contributed by atoms with van der Waals surface area (Å²) in [7, 11) is 0. The number of aliphatic carboxylic acids is 1. The number of phenols is 3. The van der Waals surface area contributed by atoms with Crippen LogP contribution in [-0.4, -0.2) is 77.5 Å². The number of hydrogen-bond acceptors (Lipinski definition) is 12. The van der Waals surface area contributed by atoms with Gasteiger partial charge < -0.3 is 54.7 Å². The van der Waals surface area contributed by atoms with E-state index in [1.807, 2.05) is 0 Å². The molecule has 0 bridgehead atoms. The van der Waals surface area contributed by atoms with Gasteiger partial charge >= 0.3 is 5.97 Å². The van der Waals surface area contributed by atoms with Gasteiger partial charge in [-0.3, -0.25) is 4.79 Å². The highest BCUT2D eigenvalue weighted by Crippen LogP contribution is 2.39. The van der Waals surface area contributed by atoms with Gasteiger partial charge in [-0.2, -0.15) is 0 Å². The van der Waals surface area contributed by atoms with Crippen molar-refractivity contribution in [1.29, 1.82) is 0 Å². The van der Waals surface area contributed by atoms with Gasteiger partial charge in [0.2, 0.25) is 17.5 Å². The van der Waals surface area contributed by atoms with Gasteiger partial charge in [0.25, 0.3) is 0 Å². The summed E-state index contributed by atoms with van der Waals surface area (Å²) in [6.45, 7) is 0. The largest absolute Gasteiger partial charge is 0.508 e. The first-order chi connectivity index (χ1) is 16.0. The average Bonchev–Trinajstić information content (AvgIpc) is 2.77. The Hall–Kier alpha value is -4.04. The predicted molar refractivity (Wildman–Crippen MR) is 110 cm³/mol. The average molecular weight is 478 g/mol. The zero-order valence-electron chi connectivity index (χ0n) is 16.9. The molecule has 34 heavy (non-hydrogen) atoms. The fourth-order valence-corrected chi connectivity index (χ4v) is 3.50. The first kappa shape index (κ1) is 23.1. The minimum Gasteiger partial charge on any atom is -0.508 e. The van der Waals surface area contributed by atoms with Crippen LogP contribution >= 0.6 is 0 Å². The maximum absolute atomic E-state index is 12.5. The molecule has 1 saturated heterocycles. The van der Waals surface area contributed by atoms with E-state index in [1.54, 1.807) is 0 Å². The Bertz CT molecular complexity index is 1330. The fourth-order valence-electron chi connectivity index (χ4n) is 3.50. The second-order valence-corrected chi connectivity index (χ2v) is 7.48. The van der Waals surface area contributed by atoms with Crippen LogP contribution in [0.1, 0.15) is 0 Å². The number of ether oxygens (including phenoxy) is 2. The summed E-state index contributed by atoms with van der Waals surface area (Å²) < 4.78 is 15.8. The minimum atomic E-state index is -1.95. The van der Waals surface area contributed by atoms with Crippen molar-refractivity contribution in [3.8, 4) is 40.1 Å². The first-order valence-electron chi connectivity index (χ1n) is 9.64. The lowest BCUT2D eigenvalue weighted by atomic mass is 9.99. The topological polar surface area (TPSA) is 228 Å². The molecule has 2 aromatic carbocycles. The quantitative estimate of drug-likeness (QED) is 0.238. The summed E-state index contributed by atoms with van der Waals surface area (Å²) in [6, 6.07) is 5.23. The van der Waals surface area contributed by atoms with E-state index in [0.29, 0.717) is 0 Å². The fraction of sp³-hybridized carbons (Fsp3) is 0.238. The van der Waals surface area contributed by atoms with Gasteiger partial charge in [0.05, 0.1) is 0 Å². The molecule has 0 saturated carbocycles. The Morgan fingerprint density at radius 2 is 1.62 bits per heavy atom. The molecule has 0 radical (unpaired) electrons. The third kappa shape index (κ3) is 3.82. The zero-order chi connectivity index (χ0) is 24.9. The van der Waals surface area contributed by atoms with Gasteiger partial charge in [-0.25, -0.2) is 4.79 Å². The molecule has 0 unspecified atom stereocenters. The summed E-state index contributed by atoms with van der Waals surface area (Å²) in [5, 5.41) is 78.6. The molecule has 1 aromatic heterocycles. The molecular formula is C21H18O13. The summed E-state index contributed by atoms with van der Waals surface area (Å²) in [5.41, 5.74) is -1.33. The maximum atomic E-state index is 12.5. The van der Waals surface area contributed by atoms with E-state index in [4.69, 9.17) is 19.0 Å². The van der Waals surface area contributed by atoms with Crippen LogP contribution in [0.25, 0.3) is 22.3 Å². The van der Waals surface area contributed by atoms with Crippen molar-refractivity contribution in [3.05, 3.63) is 40.6 Å². The number of phenolic OH excluding ortho intramolecular Hbond substituents is 3. The SMILES string of the molecule is O=C(O)[C@H]1O[C@@H](Oc2cc(-c3oc4cc(O)cc(O)c4c(=O)c3O)ccc2O)[C@H](O)[C@@H](O)[C@@H]1O. The van der Waals surface area contributed by atoms with E-state index in [-0.39, 0.29) is 16.5 Å². The summed E-state index contributed by atoms with van der Waals surface area (Å²) >= 11 is 0. The Morgan fingerprint density at radius 3 is 2.29 bits per heavy atom. The van der Waals surface area contributed by atoms with Crippen molar-refractivity contribution in [1.82, 2.24) is 0 Å². The standard InChI is InChI=1S/C21H18O13/c22-7-4-9(24)12-11(5-7)32-18(15(27)13(12)25)6-1-2-8(23)10(3-6)33-21-17(29)14(26)16(28)19(34-21)20(30)31/h1-5,14,16-17,19,21-24,26-29H,(H,30,31)/t14-,16-,17+,19-,21+/m0/s1. The molecule has 1 fully saturated rings. The molecule has 1 aliphatic heterocycles. The molecule has 1 aliphatic rings. The summed E-state index contributed by atoms with van der Waals surface area (Å²) in [6.07, 6.45) is -9.60. The van der Waals surface area contributed by atoms with E-state index in [9.17, 15) is 45.3 Å². The Kier molecular flexibility index (Phi) is 5.70. The van der Waals surface area contributed by atoms with E-state index < -0.39 is 76.6 Å². The lowest BCUT2D eigenvalue weighted by molar-refractivity contribution is -0.271. The molecule has 4 rings (SSSR count). The lowest BCUT2D eigenvalue weighted by Gasteiger charge is -2.38. The van der Waals surface area contributed by atoms with E-state index in [1.165, 1.54) is 6.07 Å². The van der Waals surface area contributed by atoms with Crippen molar-refractivity contribution < 1.29 is 59.5 Å². The number of fused-ring (bicyclic) bond motifs is 1. The Balaban J connectivity index is 1.75. The van der Waals surface area contributed by atoms with Gasteiger partial charge in [-0.15, -0.1) is 0 Å². The van der Waals surface area contributed by atoms with Crippen molar-refractivity contribution >= 4 is 16.9 Å². The highest BCUT2D eigenvalue weighted by molar-refractivity contribution is 5.88. The number of aliphatic hydroxyl groups excluding tert-OH is 3. The highest BCUT2D eigenvalue weighted by atomic mass is 16.7. The molecule has 180 valence electrons. The number of aliphatic hydroxyl groups is 3. The maximum Gasteiger partial charge on any atom is 0.335 e. The van der Waals surface area contributed by atoms with Crippen LogP contribution < -0.4 is 10.2 Å². The molecule has 5 atom stereocenters. The van der Waals surface area contributed by atoms with Crippen molar-refractivity contribution in [2.45, 2.75) is 30.7 Å². The van der Waals surface area contributed by atoms with Gasteiger partial charge in [-0.05, 0) is 18.2 Å². The normalized spacial score (nSPS) is 24.7. The van der Waals surface area contributed by atoms with Crippen LogP contribution in [0.2, 0.25) is 0 Å². The zero-order valence-corrected chi connectivity index (χ0v) is 16.9. The Labute approximate surface area is 188 Å². The number of benzene rings is 2. The molecule has 0 spiro atoms. The lowest BCUT2D eigenvalue weighted by Crippen LogP contribution is -2.61. The molecule has 13 heteroatoms. The van der Waals surface area contributed by atoms with E-state index in [0.717, 1.165) is 24.3 Å². The molecule has 2 heterocycles. The Morgan fingerprint density at radius 1 is 0.912 bits per heavy atom. The van der Waals surface area contributed by atoms with Gasteiger partial charge in [0, 0.05) is 17.7 Å². The number of carbonyl (C=O) groups is 1. The van der Waals surface area contributed by atoms with Crippen molar-refractivity contribution in [2.24, 2.45) is 0 Å². The molecular weight excluding hydrogens is 460 g/mol. The van der Waals surface area contributed by atoms with Gasteiger partial charge in [-0.1, -0.05) is 0 Å². The van der Waals surface area contributed by atoms with Crippen LogP contribution in [0.3, 0.4) is 0 Å². The number of carboxylic acids is 1. The van der Waals surface area contributed by atoms with Crippen LogP contribution in [0, 0.1) is 0 Å². The van der Waals surface area contributed by atoms with Crippen LogP contribution in [0.4, 0.5) is 0 Å². The second kappa shape index (κ2) is 8.39. The second-order valence-electron chi connectivity index (χ2n) is 7.48. The molecule has 0 aliphatic carbocycles. The number of rotatable bonds is 4. The van der Waals surface area contributed by atoms with Crippen LogP contribution in [-0.2, 0) is 9.53 Å². The van der Waals surface area contributed by atoms with Crippen LogP contribution in [0.5, 0.6) is 28.7 Å². The van der Waals surface area contributed by atoms with Crippen molar-refractivity contribution in [3.63, 3.8) is 0 Å². The minimum absolute atomic E-state index is 0.0483. The van der Waals surface area contributed by atoms with Crippen LogP contribution in [0.15, 0.2) is 39.5 Å². The van der Waals surface area contributed by atoms with E-state index in [2.05, 4.69) is 0 Å². The molecule has 3 aromatic rings. The number of carboxylic acid groups (broad SMARTS) is 1. The summed E-state index contributed by atoms with van der Waals surface area (Å²) in [5.74, 6) is -5.01. The molecule has 8 N–H and O–H groups in total. The predicted octanol–water partition coefficient (Wildman–Crippen LogP) is -0.447. The molecule has 0 amide bonds. The number of hydrogen-bond donors (Lipinski definition) is 8. The summed E-state index contributed by atoms with van der Waals surface area (Å²) in [4.78, 5) is 23.8. The molecule has 13 nitrogen and oxygen atoms in total. The van der Waals surface area contributed by atoms with E-state index >= 15 is 0 Å². The number of aromatic hydroxyl groups is 4. The third-order valence-corrected chi connectivity index (χ3v) is 5.21. The third-order valence-electron chi connectivity index (χ3n) is 5.21.